The van der Waals surface area contributed by atoms with Crippen LogP contribution in [0, 0.1) is 12.3 Å². The smallest absolute Gasteiger partial charge is 0.258 e. The Kier molecular flexibility index (Phi) is 4.56. The molecule has 0 saturated carbocycles. The van der Waals surface area contributed by atoms with Crippen LogP contribution in [0.4, 0.5) is 0 Å². The second kappa shape index (κ2) is 6.37. The molecule has 0 spiro atoms. The first-order chi connectivity index (χ1) is 9.20. The minimum absolute atomic E-state index is 0.151. The van der Waals surface area contributed by atoms with E-state index in [-0.39, 0.29) is 5.56 Å². The van der Waals surface area contributed by atoms with Crippen LogP contribution in [0.25, 0.3) is 10.9 Å². The molecule has 1 aromatic heterocycles. The number of unbranched alkanes of at least 4 members (excludes halogenated alkanes) is 1. The summed E-state index contributed by atoms with van der Waals surface area (Å²) < 4.78 is 0. The first-order valence-corrected chi connectivity index (χ1v) is 6.41. The number of fused-ring (bicyclic) bond motifs is 1. The lowest BCUT2D eigenvalue weighted by Crippen LogP contribution is -2.20. The summed E-state index contributed by atoms with van der Waals surface area (Å²) in [5.74, 6) is 3.18. The van der Waals surface area contributed by atoms with Gasteiger partial charge < -0.3 is 10.3 Å². The quantitative estimate of drug-likeness (QED) is 0.649. The normalized spacial score (nSPS) is 10.5. The Balaban J connectivity index is 2.12. The van der Waals surface area contributed by atoms with Crippen molar-refractivity contribution in [2.75, 3.05) is 6.54 Å². The van der Waals surface area contributed by atoms with Crippen molar-refractivity contribution >= 4 is 22.5 Å². The molecule has 5 heteroatoms. The van der Waals surface area contributed by atoms with Crippen molar-refractivity contribution in [1.29, 1.82) is 0 Å². The van der Waals surface area contributed by atoms with Crippen molar-refractivity contribution in [2.24, 2.45) is 0 Å². The third kappa shape index (κ3) is 3.57. The van der Waals surface area contributed by atoms with E-state index in [2.05, 4.69) is 21.2 Å². The van der Waals surface area contributed by atoms with Crippen LogP contribution in [0.3, 0.4) is 0 Å². The minimum atomic E-state index is -0.151. The number of halogens is 1. The van der Waals surface area contributed by atoms with Crippen molar-refractivity contribution < 1.29 is 0 Å². The van der Waals surface area contributed by atoms with E-state index in [1.165, 1.54) is 0 Å². The van der Waals surface area contributed by atoms with Crippen molar-refractivity contribution in [3.8, 4) is 12.3 Å². The summed E-state index contributed by atoms with van der Waals surface area (Å²) in [4.78, 5) is 19.0. The Morgan fingerprint density at radius 1 is 1.47 bits per heavy atom. The molecule has 0 unspecified atom stereocenters. The highest BCUT2D eigenvalue weighted by Crippen LogP contribution is 2.14. The number of terminal acetylenes is 1. The lowest BCUT2D eigenvalue weighted by atomic mass is 10.2. The standard InChI is InChI=1S/C14H14ClN3O/c1-2-3-4-7-16-9-13-17-12-8-10(15)5-6-11(12)14(19)18-13/h1,5-6,8,16H,3-4,7,9H2,(H,17,18,19). The molecule has 0 saturated heterocycles. The molecule has 0 aliphatic rings. The molecule has 4 nitrogen and oxygen atoms in total. The van der Waals surface area contributed by atoms with Gasteiger partial charge in [-0.25, -0.2) is 4.98 Å². The molecule has 98 valence electrons. The Hall–Kier alpha value is -1.83. The van der Waals surface area contributed by atoms with E-state index < -0.39 is 0 Å². The van der Waals surface area contributed by atoms with Crippen LogP contribution in [0.5, 0.6) is 0 Å². The monoisotopic (exact) mass is 275 g/mol. The number of nitrogens with zero attached hydrogens (tertiary/aromatic N) is 1. The first-order valence-electron chi connectivity index (χ1n) is 6.03. The molecule has 0 bridgehead atoms. The van der Waals surface area contributed by atoms with E-state index in [4.69, 9.17) is 18.0 Å². The highest BCUT2D eigenvalue weighted by Gasteiger charge is 2.04. The van der Waals surface area contributed by atoms with E-state index >= 15 is 0 Å². The number of nitrogens with one attached hydrogen (secondary N) is 2. The van der Waals surface area contributed by atoms with Gasteiger partial charge in [-0.15, -0.1) is 12.3 Å². The van der Waals surface area contributed by atoms with Crippen LogP contribution < -0.4 is 10.9 Å². The fraction of sp³-hybridized carbons (Fsp3) is 0.286. The Labute approximate surface area is 116 Å². The predicted molar refractivity (Wildman–Crippen MR) is 77.1 cm³/mol. The van der Waals surface area contributed by atoms with Gasteiger partial charge in [-0.1, -0.05) is 11.6 Å². The van der Waals surface area contributed by atoms with Gasteiger partial charge in [0.1, 0.15) is 5.82 Å². The lowest BCUT2D eigenvalue weighted by molar-refractivity contribution is 0.637. The largest absolute Gasteiger partial charge is 0.310 e. The summed E-state index contributed by atoms with van der Waals surface area (Å²) in [6.07, 6.45) is 6.81. The minimum Gasteiger partial charge on any atom is -0.310 e. The fourth-order valence-corrected chi connectivity index (χ4v) is 1.93. The Bertz CT molecular complexity index is 672. The molecule has 0 aliphatic heterocycles. The van der Waals surface area contributed by atoms with E-state index in [0.29, 0.717) is 28.3 Å². The maximum atomic E-state index is 11.9. The number of hydrogen-bond donors (Lipinski definition) is 2. The van der Waals surface area contributed by atoms with E-state index in [9.17, 15) is 4.79 Å². The zero-order chi connectivity index (χ0) is 13.7. The molecule has 2 aromatic rings. The van der Waals surface area contributed by atoms with Crippen molar-refractivity contribution in [3.05, 3.63) is 39.4 Å². The highest BCUT2D eigenvalue weighted by atomic mass is 35.5. The molecule has 0 aliphatic carbocycles. The third-order valence-corrected chi connectivity index (χ3v) is 2.92. The topological polar surface area (TPSA) is 57.8 Å². The number of benzene rings is 1. The van der Waals surface area contributed by atoms with Crippen molar-refractivity contribution in [1.82, 2.24) is 15.3 Å². The predicted octanol–water partition coefficient (Wildman–Crippen LogP) is 2.08. The average molecular weight is 276 g/mol. The molecular weight excluding hydrogens is 262 g/mol. The molecule has 1 heterocycles. The maximum absolute atomic E-state index is 11.9. The van der Waals surface area contributed by atoms with Gasteiger partial charge >= 0.3 is 0 Å². The summed E-state index contributed by atoms with van der Waals surface area (Å²) in [6, 6.07) is 5.04. The molecule has 0 fully saturated rings. The zero-order valence-electron chi connectivity index (χ0n) is 10.4. The second-order valence-electron chi connectivity index (χ2n) is 4.16. The molecule has 19 heavy (non-hydrogen) atoms. The third-order valence-electron chi connectivity index (χ3n) is 2.68. The van der Waals surface area contributed by atoms with Gasteiger partial charge in [0, 0.05) is 11.4 Å². The van der Waals surface area contributed by atoms with Gasteiger partial charge in [-0.05, 0) is 31.2 Å². The first kappa shape index (κ1) is 13.6. The maximum Gasteiger partial charge on any atom is 0.258 e. The van der Waals surface area contributed by atoms with Crippen molar-refractivity contribution in [3.63, 3.8) is 0 Å². The van der Waals surface area contributed by atoms with E-state index in [1.54, 1.807) is 18.2 Å². The van der Waals surface area contributed by atoms with Gasteiger partial charge in [-0.3, -0.25) is 4.79 Å². The van der Waals surface area contributed by atoms with Crippen LogP contribution >= 0.6 is 11.6 Å². The molecule has 2 N–H and O–H groups in total. The number of aromatic nitrogens is 2. The van der Waals surface area contributed by atoms with Gasteiger partial charge in [0.2, 0.25) is 0 Å². The van der Waals surface area contributed by atoms with Crippen LogP contribution in [-0.2, 0) is 6.54 Å². The van der Waals surface area contributed by atoms with Crippen LogP contribution in [-0.4, -0.2) is 16.5 Å². The summed E-state index contributed by atoms with van der Waals surface area (Å²) in [5, 5.41) is 4.29. The van der Waals surface area contributed by atoms with Crippen LogP contribution in [0.1, 0.15) is 18.7 Å². The summed E-state index contributed by atoms with van der Waals surface area (Å²) >= 11 is 5.90. The summed E-state index contributed by atoms with van der Waals surface area (Å²) in [5.41, 5.74) is 0.457. The van der Waals surface area contributed by atoms with Crippen molar-refractivity contribution in [2.45, 2.75) is 19.4 Å². The Morgan fingerprint density at radius 2 is 2.32 bits per heavy atom. The summed E-state index contributed by atoms with van der Waals surface area (Å²) in [7, 11) is 0. The molecule has 2 rings (SSSR count). The van der Waals surface area contributed by atoms with Gasteiger partial charge in [0.15, 0.2) is 0 Å². The molecule has 0 amide bonds. The van der Waals surface area contributed by atoms with E-state index in [0.717, 1.165) is 19.4 Å². The fourth-order valence-electron chi connectivity index (χ4n) is 1.77. The van der Waals surface area contributed by atoms with Crippen LogP contribution in [0.2, 0.25) is 5.02 Å². The molecular formula is C14H14ClN3O. The average Bonchev–Trinajstić information content (AvgIpc) is 2.38. The van der Waals surface area contributed by atoms with Crippen LogP contribution in [0.15, 0.2) is 23.0 Å². The molecule has 1 aromatic carbocycles. The number of hydrogen-bond acceptors (Lipinski definition) is 3. The molecule has 0 atom stereocenters. The number of aromatic amines is 1. The second-order valence-corrected chi connectivity index (χ2v) is 4.59. The Morgan fingerprint density at radius 3 is 3.11 bits per heavy atom. The molecule has 0 radical (unpaired) electrons. The number of rotatable bonds is 5. The van der Waals surface area contributed by atoms with Gasteiger partial charge in [0.05, 0.1) is 17.4 Å². The summed E-state index contributed by atoms with van der Waals surface area (Å²) in [6.45, 7) is 1.30. The highest BCUT2D eigenvalue weighted by molar-refractivity contribution is 6.31. The van der Waals surface area contributed by atoms with Gasteiger partial charge in [0.25, 0.3) is 5.56 Å². The zero-order valence-corrected chi connectivity index (χ0v) is 11.1. The number of H-pyrrole nitrogens is 1. The van der Waals surface area contributed by atoms with E-state index in [1.807, 2.05) is 0 Å². The SMILES string of the molecule is C#CCCCNCc1nc2cc(Cl)ccc2c(=O)[nH]1. The van der Waals surface area contributed by atoms with Gasteiger partial charge in [-0.2, -0.15) is 0 Å². The lowest BCUT2D eigenvalue weighted by Gasteiger charge is -2.04.